The molecule has 27 heavy (non-hydrogen) atoms. The van der Waals surface area contributed by atoms with Crippen molar-refractivity contribution in [1.29, 1.82) is 0 Å². The molecule has 2 aromatic rings. The molecular formula is C23H30ClNO2. The molecule has 0 amide bonds. The lowest BCUT2D eigenvalue weighted by atomic mass is 10.2. The van der Waals surface area contributed by atoms with Crippen molar-refractivity contribution in [2.24, 2.45) is 0 Å². The van der Waals surface area contributed by atoms with Crippen LogP contribution >= 0.6 is 11.6 Å². The van der Waals surface area contributed by atoms with E-state index in [1.54, 1.807) is 0 Å². The molecule has 0 radical (unpaired) electrons. The minimum absolute atomic E-state index is 0.138. The topological polar surface area (TPSA) is 29.5 Å². The lowest BCUT2D eigenvalue weighted by Crippen LogP contribution is -2.31. The number of aryl methyl sites for hydroxylation is 1. The van der Waals surface area contributed by atoms with Gasteiger partial charge in [0, 0.05) is 11.6 Å². The molecule has 0 saturated carbocycles. The van der Waals surface area contributed by atoms with Crippen LogP contribution in [-0.4, -0.2) is 31.2 Å². The highest BCUT2D eigenvalue weighted by Gasteiger charge is 2.11. The fourth-order valence-corrected chi connectivity index (χ4v) is 2.05. The Morgan fingerprint density at radius 3 is 1.96 bits per heavy atom. The van der Waals surface area contributed by atoms with Crippen molar-refractivity contribution >= 4 is 23.6 Å². The summed E-state index contributed by atoms with van der Waals surface area (Å²) in [5.74, 6) is -0.370. The van der Waals surface area contributed by atoms with Gasteiger partial charge in [-0.15, -0.1) is 0 Å². The van der Waals surface area contributed by atoms with Crippen LogP contribution in [0.3, 0.4) is 0 Å². The van der Waals surface area contributed by atoms with Gasteiger partial charge in [-0.05, 0) is 39.1 Å². The van der Waals surface area contributed by atoms with E-state index in [9.17, 15) is 4.79 Å². The van der Waals surface area contributed by atoms with Crippen LogP contribution in [-0.2, 0) is 9.53 Å². The summed E-state index contributed by atoms with van der Waals surface area (Å²) in [5.41, 5.74) is 3.96. The van der Waals surface area contributed by atoms with Crippen molar-refractivity contribution < 1.29 is 9.53 Å². The lowest BCUT2D eigenvalue weighted by molar-refractivity contribution is -0.150. The normalized spacial score (nSPS) is 10.9. The van der Waals surface area contributed by atoms with Gasteiger partial charge >= 0.3 is 5.97 Å². The minimum atomic E-state index is -0.370. The number of ether oxygens (including phenoxy) is 1. The molecule has 0 bridgehead atoms. The summed E-state index contributed by atoms with van der Waals surface area (Å²) >= 11 is 5.36. The Bertz CT molecular complexity index is 655. The second-order valence-corrected chi connectivity index (χ2v) is 6.08. The van der Waals surface area contributed by atoms with Crippen LogP contribution in [0.5, 0.6) is 0 Å². The van der Waals surface area contributed by atoms with E-state index in [1.807, 2.05) is 80.5 Å². The molecule has 0 saturated heterocycles. The number of carbonyl (C=O) groups excluding carboxylic acids is 1. The Labute approximate surface area is 168 Å². The Kier molecular flexibility index (Phi) is 14.5. The van der Waals surface area contributed by atoms with Gasteiger partial charge in [0.15, 0.2) is 6.23 Å². The first-order valence-corrected chi connectivity index (χ1v) is 9.21. The van der Waals surface area contributed by atoms with Crippen molar-refractivity contribution in [2.45, 2.75) is 26.5 Å². The van der Waals surface area contributed by atoms with E-state index < -0.39 is 0 Å². The fraction of sp³-hybridized carbons (Fsp3) is 0.261. The summed E-state index contributed by atoms with van der Waals surface area (Å²) < 4.78 is 4.98. The number of halogens is 1. The highest BCUT2D eigenvalue weighted by Crippen LogP contribution is 2.01. The summed E-state index contributed by atoms with van der Waals surface area (Å²) in [6.07, 6.45) is 3.67. The minimum Gasteiger partial charge on any atom is -0.443 e. The van der Waals surface area contributed by atoms with Crippen molar-refractivity contribution in [2.75, 3.05) is 14.1 Å². The molecule has 0 aliphatic carbocycles. The maximum Gasteiger partial charge on any atom is 0.331 e. The zero-order chi connectivity index (χ0) is 20.5. The monoisotopic (exact) mass is 387 g/mol. The molecule has 146 valence electrons. The van der Waals surface area contributed by atoms with Gasteiger partial charge in [0.2, 0.25) is 0 Å². The molecule has 2 aromatic carbocycles. The van der Waals surface area contributed by atoms with E-state index in [4.69, 9.17) is 16.3 Å². The van der Waals surface area contributed by atoms with Gasteiger partial charge in [0.05, 0.1) is 0 Å². The van der Waals surface area contributed by atoms with Crippen LogP contribution in [0.25, 0.3) is 6.08 Å². The van der Waals surface area contributed by atoms with Gasteiger partial charge in [0.25, 0.3) is 0 Å². The zero-order valence-corrected chi connectivity index (χ0v) is 17.4. The molecule has 0 aliphatic rings. The summed E-state index contributed by atoms with van der Waals surface area (Å²) in [6.45, 7) is 7.36. The van der Waals surface area contributed by atoms with Crippen LogP contribution in [0.15, 0.2) is 78.9 Å². The van der Waals surface area contributed by atoms with Crippen LogP contribution in [0.4, 0.5) is 0 Å². The number of rotatable bonds is 5. The van der Waals surface area contributed by atoms with E-state index in [2.05, 4.69) is 25.6 Å². The van der Waals surface area contributed by atoms with Crippen LogP contribution in [0, 0.1) is 6.92 Å². The van der Waals surface area contributed by atoms with Gasteiger partial charge in [0.1, 0.15) is 0 Å². The predicted octanol–water partition coefficient (Wildman–Crippen LogP) is 5.90. The molecule has 0 fully saturated rings. The number of nitrogens with zero attached hydrogens (tertiary/aromatic N) is 1. The van der Waals surface area contributed by atoms with Crippen molar-refractivity contribution in [3.63, 3.8) is 0 Å². The largest absolute Gasteiger partial charge is 0.443 e. The second-order valence-electron chi connectivity index (χ2n) is 5.83. The number of benzene rings is 2. The van der Waals surface area contributed by atoms with Gasteiger partial charge in [-0.25, -0.2) is 4.79 Å². The van der Waals surface area contributed by atoms with Crippen molar-refractivity contribution in [3.8, 4) is 0 Å². The Morgan fingerprint density at radius 1 is 1.11 bits per heavy atom. The first-order chi connectivity index (χ1) is 12.9. The highest BCUT2D eigenvalue weighted by molar-refractivity contribution is 6.27. The van der Waals surface area contributed by atoms with E-state index in [1.165, 1.54) is 17.2 Å². The molecule has 2 rings (SSSR count). The quantitative estimate of drug-likeness (QED) is 0.363. The number of esters is 1. The molecule has 1 unspecified atom stereocenters. The SMILES string of the molecule is C=CC(=O)OC(CC)N(C)C.Cc1ccccc1.ClC=Cc1ccccc1. The number of hydrogen-bond donors (Lipinski definition) is 0. The Morgan fingerprint density at radius 2 is 1.63 bits per heavy atom. The van der Waals surface area contributed by atoms with Gasteiger partial charge < -0.3 is 4.74 Å². The maximum atomic E-state index is 10.7. The molecule has 0 aromatic heterocycles. The summed E-state index contributed by atoms with van der Waals surface area (Å²) in [7, 11) is 3.73. The summed E-state index contributed by atoms with van der Waals surface area (Å²) in [5, 5.41) is 0. The molecule has 0 spiro atoms. The standard InChI is InChI=1S/C8H7Cl.C8H15NO2.C7H8/c9-7-6-8-4-2-1-3-5-8;1-5-7(9(3)4)11-8(10)6-2;1-7-5-3-2-4-6-7/h1-7H;6-7H,2,5H2,1,3-4H3;2-6H,1H3. The zero-order valence-electron chi connectivity index (χ0n) is 16.6. The number of hydrogen-bond acceptors (Lipinski definition) is 3. The van der Waals surface area contributed by atoms with E-state index >= 15 is 0 Å². The average Bonchev–Trinajstić information content (AvgIpc) is 2.68. The number of carbonyl (C=O) groups is 1. The Hall–Kier alpha value is -2.36. The van der Waals surface area contributed by atoms with E-state index in [-0.39, 0.29) is 12.2 Å². The molecule has 1 atom stereocenters. The second kappa shape index (κ2) is 15.9. The van der Waals surface area contributed by atoms with Crippen molar-refractivity contribution in [1.82, 2.24) is 4.90 Å². The average molecular weight is 388 g/mol. The molecular weight excluding hydrogens is 358 g/mol. The third kappa shape index (κ3) is 13.5. The van der Waals surface area contributed by atoms with E-state index in [0.717, 1.165) is 12.0 Å². The van der Waals surface area contributed by atoms with E-state index in [0.29, 0.717) is 0 Å². The summed E-state index contributed by atoms with van der Waals surface area (Å²) in [4.78, 5) is 12.6. The third-order valence-corrected chi connectivity index (χ3v) is 3.47. The van der Waals surface area contributed by atoms with Gasteiger partial charge in [-0.1, -0.05) is 91.3 Å². The maximum absolute atomic E-state index is 10.7. The fourth-order valence-electron chi connectivity index (χ4n) is 1.91. The molecule has 0 N–H and O–H groups in total. The van der Waals surface area contributed by atoms with Crippen LogP contribution in [0.2, 0.25) is 0 Å². The van der Waals surface area contributed by atoms with Crippen LogP contribution < -0.4 is 0 Å². The lowest BCUT2D eigenvalue weighted by Gasteiger charge is -2.21. The molecule has 0 aliphatic heterocycles. The summed E-state index contributed by atoms with van der Waals surface area (Å²) in [6, 6.07) is 20.2. The molecule has 0 heterocycles. The first-order valence-electron chi connectivity index (χ1n) is 8.77. The third-order valence-electron chi connectivity index (χ3n) is 3.34. The smallest absolute Gasteiger partial charge is 0.331 e. The predicted molar refractivity (Wildman–Crippen MR) is 117 cm³/mol. The first kappa shape index (κ1) is 24.6. The molecule has 4 heteroatoms. The Balaban J connectivity index is 0.000000383. The van der Waals surface area contributed by atoms with Gasteiger partial charge in [-0.3, -0.25) is 4.90 Å². The highest BCUT2D eigenvalue weighted by atomic mass is 35.5. The van der Waals surface area contributed by atoms with Gasteiger partial charge in [-0.2, -0.15) is 0 Å². The van der Waals surface area contributed by atoms with Crippen molar-refractivity contribution in [3.05, 3.63) is 90.0 Å². The molecule has 3 nitrogen and oxygen atoms in total. The van der Waals surface area contributed by atoms with Crippen LogP contribution in [0.1, 0.15) is 24.5 Å².